The summed E-state index contributed by atoms with van der Waals surface area (Å²) >= 11 is 6.37. The van der Waals surface area contributed by atoms with Gasteiger partial charge in [-0.15, -0.1) is 0 Å². The molecule has 0 unspecified atom stereocenters. The molecule has 0 aromatic carbocycles. The number of rotatable bonds is 2. The zero-order chi connectivity index (χ0) is 14.3. The van der Waals surface area contributed by atoms with Crippen molar-refractivity contribution in [3.05, 3.63) is 55.7 Å². The maximum Gasteiger partial charge on any atom is 0.363 e. The average Bonchev–Trinajstić information content (AvgIpc) is 2.41. The molecule has 0 aliphatic heterocycles. The summed E-state index contributed by atoms with van der Waals surface area (Å²) in [6, 6.07) is 6.59. The second-order valence-corrected chi connectivity index (χ2v) is 4.94. The van der Waals surface area contributed by atoms with E-state index in [4.69, 9.17) is 4.74 Å². The third-order valence-corrected chi connectivity index (χ3v) is 2.75. The van der Waals surface area contributed by atoms with Gasteiger partial charge >= 0.3 is 5.82 Å². The number of nitrogens with zero attached hydrogens (tertiary/aromatic N) is 3. The minimum Gasteiger partial charge on any atom is -0.481 e. The number of pyridine rings is 2. The van der Waals surface area contributed by atoms with Crippen LogP contribution in [0, 0.1) is 10.1 Å². The highest BCUT2D eigenvalue weighted by Crippen LogP contribution is 2.12. The smallest absolute Gasteiger partial charge is 0.363 e. The molecule has 0 bridgehead atoms. The fourth-order valence-electron chi connectivity index (χ4n) is 0.959. The predicted octanol–water partition coefficient (Wildman–Crippen LogP) is 3.61. The van der Waals surface area contributed by atoms with Crippen molar-refractivity contribution in [2.45, 2.75) is 0 Å². The third-order valence-electron chi connectivity index (χ3n) is 1.81. The number of hydrogen-bond acceptors (Lipinski definition) is 5. The van der Waals surface area contributed by atoms with Crippen LogP contribution in [0.3, 0.4) is 0 Å². The zero-order valence-corrected chi connectivity index (χ0v) is 13.0. The van der Waals surface area contributed by atoms with E-state index in [1.54, 1.807) is 25.4 Å². The Morgan fingerprint density at radius 1 is 1.11 bits per heavy atom. The highest BCUT2D eigenvalue weighted by atomic mass is 79.9. The Balaban J connectivity index is 0.000000191. The maximum atomic E-state index is 10.0. The van der Waals surface area contributed by atoms with Gasteiger partial charge in [0.1, 0.15) is 0 Å². The molecule has 0 aliphatic rings. The Bertz CT molecular complexity index is 532. The second-order valence-electron chi connectivity index (χ2n) is 3.11. The number of methoxy groups -OCH3 is 1. The number of aromatic nitrogens is 2. The van der Waals surface area contributed by atoms with Crippen molar-refractivity contribution >= 4 is 37.7 Å². The largest absolute Gasteiger partial charge is 0.481 e. The summed E-state index contributed by atoms with van der Waals surface area (Å²) in [5, 5.41) is 10.0. The molecule has 2 aromatic rings. The first kappa shape index (κ1) is 15.5. The van der Waals surface area contributed by atoms with E-state index >= 15 is 0 Å². The molecule has 0 radical (unpaired) electrons. The predicted molar refractivity (Wildman–Crippen MR) is 77.1 cm³/mol. The van der Waals surface area contributed by atoms with Crippen LogP contribution in [0.1, 0.15) is 0 Å². The van der Waals surface area contributed by atoms with Gasteiger partial charge in [0.25, 0.3) is 0 Å². The second kappa shape index (κ2) is 7.80. The molecule has 6 nitrogen and oxygen atoms in total. The molecular weight excluding hydrogens is 382 g/mol. The van der Waals surface area contributed by atoms with E-state index in [1.165, 1.54) is 12.3 Å². The van der Waals surface area contributed by atoms with Gasteiger partial charge in [0.05, 0.1) is 11.6 Å². The Labute approximate surface area is 126 Å². The van der Waals surface area contributed by atoms with Crippen LogP contribution in [0.5, 0.6) is 5.88 Å². The van der Waals surface area contributed by atoms with Crippen molar-refractivity contribution < 1.29 is 9.66 Å². The fraction of sp³-hybridized carbons (Fsp3) is 0.0909. The summed E-state index contributed by atoms with van der Waals surface area (Å²) in [5.41, 5.74) is 0. The first-order valence-electron chi connectivity index (χ1n) is 4.94. The Hall–Kier alpha value is -1.54. The Kier molecular flexibility index (Phi) is 6.37. The normalized spacial score (nSPS) is 9.21. The standard InChI is InChI=1S/C6H6BrNO.C5H3BrN2O2/c1-9-6-3-2-5(7)4-8-6;6-4-1-2-5(7-3-4)8(9)10/h2-4H,1H3;1-3H. The lowest BCUT2D eigenvalue weighted by atomic mass is 10.5. The summed E-state index contributed by atoms with van der Waals surface area (Å²) in [6.45, 7) is 0. The topological polar surface area (TPSA) is 78.1 Å². The van der Waals surface area contributed by atoms with Crippen LogP contribution >= 0.6 is 31.9 Å². The van der Waals surface area contributed by atoms with Crippen molar-refractivity contribution in [2.75, 3.05) is 7.11 Å². The van der Waals surface area contributed by atoms with E-state index in [9.17, 15) is 10.1 Å². The Morgan fingerprint density at radius 2 is 1.68 bits per heavy atom. The number of hydrogen-bond donors (Lipinski definition) is 0. The SMILES string of the molecule is COc1ccc(Br)cn1.O=[N+]([O-])c1ccc(Br)cn1. The lowest BCUT2D eigenvalue weighted by Crippen LogP contribution is -1.89. The monoisotopic (exact) mass is 389 g/mol. The van der Waals surface area contributed by atoms with E-state index in [1.807, 2.05) is 6.07 Å². The summed E-state index contributed by atoms with van der Waals surface area (Å²) < 4.78 is 6.53. The molecule has 2 aromatic heterocycles. The van der Waals surface area contributed by atoms with Crippen LogP contribution in [0.15, 0.2) is 45.6 Å². The van der Waals surface area contributed by atoms with Gasteiger partial charge in [-0.05, 0) is 53.9 Å². The van der Waals surface area contributed by atoms with E-state index in [2.05, 4.69) is 41.8 Å². The maximum absolute atomic E-state index is 10.0. The van der Waals surface area contributed by atoms with Crippen LogP contribution in [-0.2, 0) is 0 Å². The van der Waals surface area contributed by atoms with Crippen molar-refractivity contribution in [3.8, 4) is 5.88 Å². The molecular formula is C11H9Br2N3O3. The van der Waals surface area contributed by atoms with Gasteiger partial charge < -0.3 is 14.9 Å². The summed E-state index contributed by atoms with van der Waals surface area (Å²) in [4.78, 5) is 17.0. The molecule has 0 aliphatic carbocycles. The van der Waals surface area contributed by atoms with Gasteiger partial charge in [-0.2, -0.15) is 0 Å². The number of halogens is 2. The minimum absolute atomic E-state index is 0.136. The summed E-state index contributed by atoms with van der Waals surface area (Å²) in [6.07, 6.45) is 3.08. The van der Waals surface area contributed by atoms with Gasteiger partial charge in [-0.3, -0.25) is 0 Å². The molecule has 0 fully saturated rings. The summed E-state index contributed by atoms with van der Waals surface area (Å²) in [7, 11) is 1.59. The lowest BCUT2D eigenvalue weighted by Gasteiger charge is -1.94. The molecule has 0 saturated heterocycles. The highest BCUT2D eigenvalue weighted by Gasteiger charge is 2.03. The molecule has 100 valence electrons. The van der Waals surface area contributed by atoms with E-state index in [0.29, 0.717) is 5.88 Å². The van der Waals surface area contributed by atoms with Gasteiger partial charge in [-0.1, -0.05) is 0 Å². The van der Waals surface area contributed by atoms with Crippen LogP contribution in [0.2, 0.25) is 0 Å². The molecule has 0 saturated carbocycles. The number of ether oxygens (including phenoxy) is 1. The Morgan fingerprint density at radius 3 is 2.05 bits per heavy atom. The molecule has 2 heterocycles. The first-order chi connectivity index (χ1) is 9.02. The van der Waals surface area contributed by atoms with Crippen LogP contribution in [0.4, 0.5) is 5.82 Å². The lowest BCUT2D eigenvalue weighted by molar-refractivity contribution is -0.389. The molecule has 0 N–H and O–H groups in total. The minimum atomic E-state index is -0.535. The first-order valence-corrected chi connectivity index (χ1v) is 6.53. The molecule has 0 amide bonds. The molecule has 19 heavy (non-hydrogen) atoms. The third kappa shape index (κ3) is 5.75. The average molecular weight is 391 g/mol. The van der Waals surface area contributed by atoms with E-state index < -0.39 is 4.92 Å². The van der Waals surface area contributed by atoms with Crippen LogP contribution < -0.4 is 4.74 Å². The van der Waals surface area contributed by atoms with Gasteiger partial charge in [0, 0.05) is 22.8 Å². The summed E-state index contributed by atoms with van der Waals surface area (Å²) in [5.74, 6) is 0.501. The van der Waals surface area contributed by atoms with Crippen LogP contribution in [-0.4, -0.2) is 22.0 Å². The molecule has 2 rings (SSSR count). The van der Waals surface area contributed by atoms with Crippen LogP contribution in [0.25, 0.3) is 0 Å². The fourth-order valence-corrected chi connectivity index (χ4v) is 1.43. The zero-order valence-electron chi connectivity index (χ0n) is 9.79. The van der Waals surface area contributed by atoms with Gasteiger partial charge in [-0.25, -0.2) is 4.98 Å². The molecule has 0 atom stereocenters. The van der Waals surface area contributed by atoms with Crippen molar-refractivity contribution in [1.29, 1.82) is 0 Å². The van der Waals surface area contributed by atoms with Crippen molar-refractivity contribution in [2.24, 2.45) is 0 Å². The van der Waals surface area contributed by atoms with Gasteiger partial charge in [0.2, 0.25) is 5.88 Å². The number of nitro groups is 1. The van der Waals surface area contributed by atoms with Crippen molar-refractivity contribution in [3.63, 3.8) is 0 Å². The quantitative estimate of drug-likeness (QED) is 0.578. The molecule has 0 spiro atoms. The molecule has 8 heteroatoms. The highest BCUT2D eigenvalue weighted by molar-refractivity contribution is 9.10. The van der Waals surface area contributed by atoms with Gasteiger partial charge in [0.15, 0.2) is 6.20 Å². The van der Waals surface area contributed by atoms with E-state index in [-0.39, 0.29) is 5.82 Å². The van der Waals surface area contributed by atoms with Crippen molar-refractivity contribution in [1.82, 2.24) is 9.97 Å². The van der Waals surface area contributed by atoms with E-state index in [0.717, 1.165) is 8.95 Å².